The number of rotatable bonds is 2. The Morgan fingerprint density at radius 2 is 2.55 bits per heavy atom. The van der Waals surface area contributed by atoms with Crippen molar-refractivity contribution in [2.75, 3.05) is 12.4 Å². The number of aliphatic carboxylic acids is 1. The van der Waals surface area contributed by atoms with Crippen molar-refractivity contribution in [1.82, 2.24) is 0 Å². The Kier molecular flexibility index (Phi) is 2.82. The maximum absolute atomic E-state index is 10.6. The van der Waals surface area contributed by atoms with E-state index in [1.807, 2.05) is 6.92 Å². The summed E-state index contributed by atoms with van der Waals surface area (Å²) in [4.78, 5) is 10.9. The minimum Gasteiger partial charge on any atom is -0.496 e. The van der Waals surface area contributed by atoms with Crippen molar-refractivity contribution < 1.29 is 14.6 Å². The molecule has 11 heavy (non-hydrogen) atoms. The molecule has 1 heterocycles. The number of ether oxygens (including phenoxy) is 1. The van der Waals surface area contributed by atoms with Crippen molar-refractivity contribution in [2.24, 2.45) is 0 Å². The Morgan fingerprint density at radius 3 is 3.00 bits per heavy atom. The summed E-state index contributed by atoms with van der Waals surface area (Å²) < 4.78 is 5.18. The quantitative estimate of drug-likeness (QED) is 0.688. The van der Waals surface area contributed by atoms with E-state index in [0.717, 1.165) is 5.75 Å². The molecule has 0 radical (unpaired) electrons. The molecular weight excluding hydrogens is 164 g/mol. The van der Waals surface area contributed by atoms with Crippen molar-refractivity contribution in [3.63, 3.8) is 0 Å². The van der Waals surface area contributed by atoms with Gasteiger partial charge >= 0.3 is 5.97 Å². The smallest absolute Gasteiger partial charge is 0.345 e. The molecule has 4 heteroatoms. The van der Waals surface area contributed by atoms with E-state index < -0.39 is 5.97 Å². The van der Waals surface area contributed by atoms with Crippen LogP contribution in [0.1, 0.15) is 13.3 Å². The zero-order chi connectivity index (χ0) is 8.27. The normalized spacial score (nSPS) is 17.9. The summed E-state index contributed by atoms with van der Waals surface area (Å²) in [5, 5.41) is 8.68. The minimum atomic E-state index is -0.869. The van der Waals surface area contributed by atoms with Gasteiger partial charge in [-0.15, -0.1) is 11.8 Å². The van der Waals surface area contributed by atoms with Crippen LogP contribution in [0.25, 0.3) is 0 Å². The molecule has 0 fully saturated rings. The Morgan fingerprint density at radius 1 is 1.82 bits per heavy atom. The predicted molar refractivity (Wildman–Crippen MR) is 43.4 cm³/mol. The number of thioether (sulfide) groups is 1. The first-order chi connectivity index (χ1) is 5.25. The topological polar surface area (TPSA) is 46.5 Å². The number of hydrogen-bond donors (Lipinski definition) is 1. The molecule has 0 saturated heterocycles. The number of carbonyl (C=O) groups is 1. The Hall–Kier alpha value is -0.640. The van der Waals surface area contributed by atoms with Gasteiger partial charge in [0.1, 0.15) is 10.7 Å². The summed E-state index contributed by atoms with van der Waals surface area (Å²) in [5.41, 5.74) is 0. The van der Waals surface area contributed by atoms with Crippen LogP contribution in [-0.4, -0.2) is 23.4 Å². The van der Waals surface area contributed by atoms with Gasteiger partial charge in [-0.05, 0) is 0 Å². The predicted octanol–water partition coefficient (Wildman–Crippen LogP) is 1.46. The molecule has 1 aliphatic heterocycles. The lowest BCUT2D eigenvalue weighted by molar-refractivity contribution is -0.132. The summed E-state index contributed by atoms with van der Waals surface area (Å²) in [7, 11) is 0. The molecule has 0 aromatic heterocycles. The number of carboxylic acids is 1. The molecule has 0 spiro atoms. The summed E-state index contributed by atoms with van der Waals surface area (Å²) in [5.74, 6) is 0.491. The molecule has 1 rings (SSSR count). The van der Waals surface area contributed by atoms with E-state index in [4.69, 9.17) is 9.84 Å². The van der Waals surface area contributed by atoms with Crippen LogP contribution in [-0.2, 0) is 9.53 Å². The van der Waals surface area contributed by atoms with E-state index >= 15 is 0 Å². The molecule has 1 N–H and O–H groups in total. The first-order valence-corrected chi connectivity index (χ1v) is 4.46. The first kappa shape index (κ1) is 8.46. The van der Waals surface area contributed by atoms with Crippen LogP contribution in [0, 0.1) is 0 Å². The van der Waals surface area contributed by atoms with E-state index in [9.17, 15) is 4.79 Å². The molecule has 62 valence electrons. The standard InChI is InChI=1S/C7H10O3S/c1-2-5-6(7(8)9)11-4-3-10-5/h2-4H2,1H3,(H,8,9). The number of hydrogen-bond acceptors (Lipinski definition) is 3. The molecular formula is C7H10O3S. The van der Waals surface area contributed by atoms with Crippen LogP contribution in [0.2, 0.25) is 0 Å². The van der Waals surface area contributed by atoms with Crippen molar-refractivity contribution in [3.8, 4) is 0 Å². The molecule has 0 bridgehead atoms. The average Bonchev–Trinajstić information content (AvgIpc) is 2.04. The largest absolute Gasteiger partial charge is 0.496 e. The van der Waals surface area contributed by atoms with Gasteiger partial charge in [0, 0.05) is 12.2 Å². The summed E-state index contributed by atoms with van der Waals surface area (Å²) >= 11 is 1.36. The van der Waals surface area contributed by atoms with Crippen molar-refractivity contribution in [1.29, 1.82) is 0 Å². The lowest BCUT2D eigenvalue weighted by Gasteiger charge is -2.16. The van der Waals surface area contributed by atoms with Crippen LogP contribution in [0.3, 0.4) is 0 Å². The summed E-state index contributed by atoms with van der Waals surface area (Å²) in [6, 6.07) is 0. The second-order valence-electron chi connectivity index (χ2n) is 2.11. The second kappa shape index (κ2) is 3.67. The van der Waals surface area contributed by atoms with Crippen molar-refractivity contribution in [3.05, 3.63) is 10.7 Å². The first-order valence-electron chi connectivity index (χ1n) is 3.47. The van der Waals surface area contributed by atoms with E-state index in [0.29, 0.717) is 23.7 Å². The Labute approximate surface area is 69.4 Å². The highest BCUT2D eigenvalue weighted by molar-refractivity contribution is 8.04. The highest BCUT2D eigenvalue weighted by atomic mass is 32.2. The lowest BCUT2D eigenvalue weighted by Crippen LogP contribution is -2.11. The molecule has 0 aliphatic carbocycles. The fourth-order valence-corrected chi connectivity index (χ4v) is 1.76. The average molecular weight is 174 g/mol. The number of carboxylic acid groups (broad SMARTS) is 1. The molecule has 0 saturated carbocycles. The second-order valence-corrected chi connectivity index (χ2v) is 3.21. The van der Waals surface area contributed by atoms with Gasteiger partial charge in [0.15, 0.2) is 0 Å². The fraction of sp³-hybridized carbons (Fsp3) is 0.571. The molecule has 1 aliphatic rings. The minimum absolute atomic E-state index is 0.374. The van der Waals surface area contributed by atoms with Gasteiger partial charge in [-0.2, -0.15) is 0 Å². The van der Waals surface area contributed by atoms with Gasteiger partial charge in [-0.3, -0.25) is 0 Å². The highest BCUT2D eigenvalue weighted by Gasteiger charge is 2.18. The van der Waals surface area contributed by atoms with Gasteiger partial charge in [0.25, 0.3) is 0 Å². The fourth-order valence-electron chi connectivity index (χ4n) is 0.898. The molecule has 0 aromatic rings. The van der Waals surface area contributed by atoms with Crippen molar-refractivity contribution in [2.45, 2.75) is 13.3 Å². The summed E-state index contributed by atoms with van der Waals surface area (Å²) in [6.07, 6.45) is 0.661. The van der Waals surface area contributed by atoms with Crippen LogP contribution in [0.5, 0.6) is 0 Å². The maximum Gasteiger partial charge on any atom is 0.345 e. The van der Waals surface area contributed by atoms with Crippen LogP contribution in [0.15, 0.2) is 10.7 Å². The SMILES string of the molecule is CCC1=C(C(=O)O)SCCO1. The zero-order valence-corrected chi connectivity index (χ0v) is 7.11. The van der Waals surface area contributed by atoms with Crippen LogP contribution < -0.4 is 0 Å². The molecule has 0 atom stereocenters. The molecule has 0 unspecified atom stereocenters. The van der Waals surface area contributed by atoms with Gasteiger partial charge in [0.2, 0.25) is 0 Å². The lowest BCUT2D eigenvalue weighted by atomic mass is 10.3. The van der Waals surface area contributed by atoms with Gasteiger partial charge in [-0.25, -0.2) is 4.79 Å². The van der Waals surface area contributed by atoms with E-state index in [2.05, 4.69) is 0 Å². The van der Waals surface area contributed by atoms with E-state index in [1.54, 1.807) is 0 Å². The van der Waals surface area contributed by atoms with Gasteiger partial charge < -0.3 is 9.84 Å². The van der Waals surface area contributed by atoms with Crippen molar-refractivity contribution >= 4 is 17.7 Å². The van der Waals surface area contributed by atoms with Crippen LogP contribution >= 0.6 is 11.8 Å². The van der Waals surface area contributed by atoms with Gasteiger partial charge in [-0.1, -0.05) is 6.92 Å². The van der Waals surface area contributed by atoms with E-state index in [-0.39, 0.29) is 0 Å². The number of allylic oxidation sites excluding steroid dienone is 1. The molecule has 0 aromatic carbocycles. The maximum atomic E-state index is 10.6. The van der Waals surface area contributed by atoms with Crippen LogP contribution in [0.4, 0.5) is 0 Å². The third kappa shape index (κ3) is 1.89. The molecule has 3 nitrogen and oxygen atoms in total. The Bertz CT molecular complexity index is 198. The third-order valence-electron chi connectivity index (χ3n) is 1.37. The Balaban J connectivity index is 2.81. The third-order valence-corrected chi connectivity index (χ3v) is 2.44. The summed E-state index contributed by atoms with van der Waals surface area (Å²) in [6.45, 7) is 2.52. The molecule has 0 amide bonds. The van der Waals surface area contributed by atoms with E-state index in [1.165, 1.54) is 11.8 Å². The zero-order valence-electron chi connectivity index (χ0n) is 6.29. The van der Waals surface area contributed by atoms with Gasteiger partial charge in [0.05, 0.1) is 6.61 Å². The highest BCUT2D eigenvalue weighted by Crippen LogP contribution is 2.27. The monoisotopic (exact) mass is 174 g/mol.